The van der Waals surface area contributed by atoms with Crippen LogP contribution in [0.5, 0.6) is 0 Å². The van der Waals surface area contributed by atoms with Gasteiger partial charge in [-0.05, 0) is 42.4 Å². The molecule has 0 aromatic heterocycles. The fourth-order valence-electron chi connectivity index (χ4n) is 3.29. The number of nitrogens with one attached hydrogen (secondary N) is 2. The molecule has 6 heteroatoms. The van der Waals surface area contributed by atoms with E-state index in [0.29, 0.717) is 17.5 Å². The lowest BCUT2D eigenvalue weighted by molar-refractivity contribution is 0.1000. The van der Waals surface area contributed by atoms with Crippen LogP contribution in [-0.4, -0.2) is 25.5 Å². The first kappa shape index (κ1) is 20.7. The quantitative estimate of drug-likeness (QED) is 0.359. The van der Waals surface area contributed by atoms with Gasteiger partial charge in [-0.2, -0.15) is 0 Å². The SMILES string of the molecule is CCC1(CNC(=NC)NCc2cccc(C(N)=O)c2)CCCC1.I. The van der Waals surface area contributed by atoms with Crippen molar-refractivity contribution in [3.05, 3.63) is 35.4 Å². The van der Waals surface area contributed by atoms with Gasteiger partial charge in [0.1, 0.15) is 0 Å². The Kier molecular flexibility index (Phi) is 8.52. The summed E-state index contributed by atoms with van der Waals surface area (Å²) in [7, 11) is 1.78. The molecule has 1 saturated carbocycles. The Morgan fingerprint density at radius 1 is 1.29 bits per heavy atom. The molecule has 24 heavy (non-hydrogen) atoms. The monoisotopic (exact) mass is 444 g/mol. The molecule has 0 atom stereocenters. The van der Waals surface area contributed by atoms with Crippen LogP contribution in [0.25, 0.3) is 0 Å². The highest BCUT2D eigenvalue weighted by molar-refractivity contribution is 14.0. The zero-order valence-electron chi connectivity index (χ0n) is 14.6. The molecule has 5 nitrogen and oxygen atoms in total. The number of halogens is 1. The zero-order chi connectivity index (χ0) is 16.7. The number of carbonyl (C=O) groups is 1. The summed E-state index contributed by atoms with van der Waals surface area (Å²) in [6.45, 7) is 3.85. The van der Waals surface area contributed by atoms with Crippen LogP contribution in [0.3, 0.4) is 0 Å². The molecular formula is C18H29IN4O. The third-order valence-electron chi connectivity index (χ3n) is 4.94. The predicted octanol–water partition coefficient (Wildman–Crippen LogP) is 3.04. The van der Waals surface area contributed by atoms with Gasteiger partial charge in [0.25, 0.3) is 0 Å². The third kappa shape index (κ3) is 5.65. The summed E-state index contributed by atoms with van der Waals surface area (Å²) in [6.07, 6.45) is 6.48. The second-order valence-electron chi connectivity index (χ2n) is 6.40. The fraction of sp³-hybridized carbons (Fsp3) is 0.556. The van der Waals surface area contributed by atoms with Crippen molar-refractivity contribution in [3.63, 3.8) is 0 Å². The van der Waals surface area contributed by atoms with Crippen molar-refractivity contribution in [2.75, 3.05) is 13.6 Å². The van der Waals surface area contributed by atoms with Gasteiger partial charge >= 0.3 is 0 Å². The number of primary amides is 1. The van der Waals surface area contributed by atoms with Crippen molar-refractivity contribution in [1.29, 1.82) is 0 Å². The number of carbonyl (C=O) groups excluding carboxylic acids is 1. The van der Waals surface area contributed by atoms with Crippen molar-refractivity contribution in [2.24, 2.45) is 16.1 Å². The number of aliphatic imine (C=N–C) groups is 1. The molecule has 1 fully saturated rings. The summed E-state index contributed by atoms with van der Waals surface area (Å²) < 4.78 is 0. The van der Waals surface area contributed by atoms with Gasteiger partial charge in [0.2, 0.25) is 5.91 Å². The maximum absolute atomic E-state index is 11.2. The van der Waals surface area contributed by atoms with E-state index in [1.807, 2.05) is 18.2 Å². The van der Waals surface area contributed by atoms with Crippen LogP contribution in [-0.2, 0) is 6.54 Å². The summed E-state index contributed by atoms with van der Waals surface area (Å²) in [4.78, 5) is 15.5. The minimum Gasteiger partial charge on any atom is -0.366 e. The molecule has 0 saturated heterocycles. The fourth-order valence-corrected chi connectivity index (χ4v) is 3.29. The average molecular weight is 444 g/mol. The number of guanidine groups is 1. The van der Waals surface area contributed by atoms with Crippen molar-refractivity contribution in [3.8, 4) is 0 Å². The van der Waals surface area contributed by atoms with E-state index in [1.165, 1.54) is 32.1 Å². The van der Waals surface area contributed by atoms with Gasteiger partial charge in [0.15, 0.2) is 5.96 Å². The predicted molar refractivity (Wildman–Crippen MR) is 110 cm³/mol. The second-order valence-corrected chi connectivity index (χ2v) is 6.40. The molecular weight excluding hydrogens is 415 g/mol. The molecule has 1 aliphatic rings. The number of nitrogens with two attached hydrogens (primary N) is 1. The average Bonchev–Trinajstić information content (AvgIpc) is 3.05. The van der Waals surface area contributed by atoms with E-state index < -0.39 is 5.91 Å². The second kappa shape index (κ2) is 9.86. The Morgan fingerprint density at radius 2 is 2.00 bits per heavy atom. The molecule has 0 unspecified atom stereocenters. The molecule has 1 aliphatic carbocycles. The highest BCUT2D eigenvalue weighted by Crippen LogP contribution is 2.40. The van der Waals surface area contributed by atoms with E-state index in [0.717, 1.165) is 18.1 Å². The van der Waals surface area contributed by atoms with Gasteiger partial charge in [0, 0.05) is 25.7 Å². The Morgan fingerprint density at radius 3 is 2.58 bits per heavy atom. The van der Waals surface area contributed by atoms with E-state index in [4.69, 9.17) is 5.73 Å². The van der Waals surface area contributed by atoms with Crippen molar-refractivity contribution < 1.29 is 4.79 Å². The van der Waals surface area contributed by atoms with Crippen LogP contribution in [0.2, 0.25) is 0 Å². The Bertz CT molecular complexity index is 568. The van der Waals surface area contributed by atoms with Gasteiger partial charge in [-0.15, -0.1) is 24.0 Å². The van der Waals surface area contributed by atoms with E-state index in [9.17, 15) is 4.79 Å². The summed E-state index contributed by atoms with van der Waals surface area (Å²) in [6, 6.07) is 7.35. The molecule has 1 amide bonds. The lowest BCUT2D eigenvalue weighted by atomic mass is 9.83. The number of rotatable bonds is 6. The number of amides is 1. The number of hydrogen-bond donors (Lipinski definition) is 3. The Labute approximate surface area is 161 Å². The molecule has 0 aliphatic heterocycles. The maximum atomic E-state index is 11.2. The topological polar surface area (TPSA) is 79.5 Å². The lowest BCUT2D eigenvalue weighted by Crippen LogP contribution is -2.42. The molecule has 4 N–H and O–H groups in total. The van der Waals surface area contributed by atoms with Crippen LogP contribution >= 0.6 is 24.0 Å². The molecule has 0 heterocycles. The zero-order valence-corrected chi connectivity index (χ0v) is 16.9. The molecule has 1 aromatic rings. The number of nitrogens with zero attached hydrogens (tertiary/aromatic N) is 1. The van der Waals surface area contributed by atoms with Crippen molar-refractivity contribution in [1.82, 2.24) is 10.6 Å². The van der Waals surface area contributed by atoms with Crippen molar-refractivity contribution in [2.45, 2.75) is 45.6 Å². The normalized spacial score (nSPS) is 16.3. The van der Waals surface area contributed by atoms with Crippen LogP contribution in [0.4, 0.5) is 0 Å². The van der Waals surface area contributed by atoms with E-state index >= 15 is 0 Å². The van der Waals surface area contributed by atoms with E-state index in [1.54, 1.807) is 13.1 Å². The van der Waals surface area contributed by atoms with Gasteiger partial charge in [0.05, 0.1) is 0 Å². The van der Waals surface area contributed by atoms with E-state index in [-0.39, 0.29) is 24.0 Å². The summed E-state index contributed by atoms with van der Waals surface area (Å²) in [5.74, 6) is 0.398. The first-order chi connectivity index (χ1) is 11.1. The van der Waals surface area contributed by atoms with Gasteiger partial charge in [-0.3, -0.25) is 9.79 Å². The first-order valence-corrected chi connectivity index (χ1v) is 8.42. The Balaban J connectivity index is 0.00000288. The van der Waals surface area contributed by atoms with Gasteiger partial charge < -0.3 is 16.4 Å². The van der Waals surface area contributed by atoms with Crippen molar-refractivity contribution >= 4 is 35.8 Å². The molecule has 0 spiro atoms. The van der Waals surface area contributed by atoms with Crippen LogP contribution in [0, 0.1) is 5.41 Å². The minimum absolute atomic E-state index is 0. The largest absolute Gasteiger partial charge is 0.366 e. The van der Waals surface area contributed by atoms with Gasteiger partial charge in [-0.25, -0.2) is 0 Å². The maximum Gasteiger partial charge on any atom is 0.248 e. The smallest absolute Gasteiger partial charge is 0.248 e. The van der Waals surface area contributed by atoms with Crippen LogP contribution in [0.1, 0.15) is 54.9 Å². The highest BCUT2D eigenvalue weighted by Gasteiger charge is 2.31. The minimum atomic E-state index is -0.402. The molecule has 0 bridgehead atoms. The number of hydrogen-bond acceptors (Lipinski definition) is 2. The molecule has 2 rings (SSSR count). The van der Waals surface area contributed by atoms with Gasteiger partial charge in [-0.1, -0.05) is 31.9 Å². The van der Waals surface area contributed by atoms with Crippen LogP contribution in [0.15, 0.2) is 29.3 Å². The summed E-state index contributed by atoms with van der Waals surface area (Å²) in [5, 5.41) is 6.76. The van der Waals surface area contributed by atoms with E-state index in [2.05, 4.69) is 22.5 Å². The first-order valence-electron chi connectivity index (χ1n) is 8.42. The molecule has 134 valence electrons. The number of benzene rings is 1. The summed E-state index contributed by atoms with van der Waals surface area (Å²) >= 11 is 0. The third-order valence-corrected chi connectivity index (χ3v) is 4.94. The summed E-state index contributed by atoms with van der Waals surface area (Å²) in [5.41, 5.74) is 7.28. The highest BCUT2D eigenvalue weighted by atomic mass is 127. The molecule has 1 aromatic carbocycles. The molecule has 0 radical (unpaired) electrons. The van der Waals surface area contributed by atoms with Crippen LogP contribution < -0.4 is 16.4 Å². The standard InChI is InChI=1S/C18H28N4O.HI/c1-3-18(9-4-5-10-18)13-22-17(20-2)21-12-14-7-6-8-15(11-14)16(19)23;/h6-8,11H,3-5,9-10,12-13H2,1-2H3,(H2,19,23)(H2,20,21,22);1H. The Hall–Kier alpha value is -1.31. The lowest BCUT2D eigenvalue weighted by Gasteiger charge is -2.28.